The molecule has 19 heteroatoms. The van der Waals surface area contributed by atoms with Gasteiger partial charge in [0.15, 0.2) is 0 Å². The van der Waals surface area contributed by atoms with Gasteiger partial charge in [-0.2, -0.15) is 0 Å². The van der Waals surface area contributed by atoms with E-state index in [9.17, 15) is 13.0 Å². The number of rotatable bonds is 1. The fourth-order valence-electron chi connectivity index (χ4n) is 0. The molecular formula is CH17Na3O14S2. The zero-order valence-electron chi connectivity index (χ0n) is 10.9. The van der Waals surface area contributed by atoms with E-state index in [1.54, 1.807) is 0 Å². The van der Waals surface area contributed by atoms with Gasteiger partial charge in [-0.25, -0.2) is 8.42 Å². The van der Waals surface area contributed by atoms with Crippen molar-refractivity contribution in [3.8, 4) is 0 Å². The van der Waals surface area contributed by atoms with Crippen LogP contribution in [0.1, 0.15) is 0 Å². The van der Waals surface area contributed by atoms with E-state index in [0.29, 0.717) is 0 Å². The molecule has 14 nitrogen and oxygen atoms in total. The van der Waals surface area contributed by atoms with E-state index in [2.05, 4.69) is 0 Å². The summed E-state index contributed by atoms with van der Waals surface area (Å²) < 4.78 is 52.9. The maximum Gasteiger partial charge on any atom is 1.00 e. The van der Waals surface area contributed by atoms with Crippen LogP contribution in [0.4, 0.5) is 0 Å². The molecule has 20 heavy (non-hydrogen) atoms. The van der Waals surface area contributed by atoms with Crippen molar-refractivity contribution in [2.45, 2.75) is 0 Å². The molecule has 0 saturated carbocycles. The third kappa shape index (κ3) is 249. The first-order valence-electron chi connectivity index (χ1n) is 1.60. The van der Waals surface area contributed by atoms with Crippen LogP contribution in [0.25, 0.3) is 0 Å². The maximum absolute atomic E-state index is 9.19. The van der Waals surface area contributed by atoms with Gasteiger partial charge in [0.1, 0.15) is 16.1 Å². The molecule has 0 aliphatic heterocycles. The summed E-state index contributed by atoms with van der Waals surface area (Å²) in [7, 11) is -4.36. The van der Waals surface area contributed by atoms with E-state index in [0.717, 1.165) is 0 Å². The van der Waals surface area contributed by atoms with Gasteiger partial charge >= 0.3 is 88.7 Å². The predicted octanol–water partition coefficient (Wildman–Crippen LogP) is -17.3. The maximum atomic E-state index is 9.19. The standard InChI is InChI=1S/CH4O4S.3Na.H2O3S.7H2O/c2-1-6(3,4)5;;;;1-4(2)3;;;;;;;/h2H,1H2,(H,3,4,5);;;;(H2,1,2,3);7*1H2/q;3*+1;;;;;;;;/p-3. The van der Waals surface area contributed by atoms with Crippen molar-refractivity contribution in [2.75, 3.05) is 5.94 Å². The number of aliphatic hydroxyl groups excluding tert-OH is 1. The molecule has 0 aromatic rings. The van der Waals surface area contributed by atoms with Crippen molar-refractivity contribution >= 4 is 21.5 Å². The van der Waals surface area contributed by atoms with Crippen molar-refractivity contribution in [3.05, 3.63) is 0 Å². The van der Waals surface area contributed by atoms with E-state index in [1.807, 2.05) is 0 Å². The van der Waals surface area contributed by atoms with Gasteiger partial charge in [0, 0.05) is 0 Å². The average Bonchev–Trinajstić information content (AvgIpc) is 1.63. The molecule has 0 aromatic carbocycles. The minimum atomic E-state index is -4.36. The van der Waals surface area contributed by atoms with Gasteiger partial charge in [-0.3, -0.25) is 4.21 Å². The van der Waals surface area contributed by atoms with Crippen molar-refractivity contribution in [3.63, 3.8) is 0 Å². The molecule has 0 saturated heterocycles. The van der Waals surface area contributed by atoms with Crippen LogP contribution in [0, 0.1) is 0 Å². The van der Waals surface area contributed by atoms with E-state index >= 15 is 0 Å². The first-order chi connectivity index (χ1) is 4.29. The largest absolute Gasteiger partial charge is 1.00 e. The van der Waals surface area contributed by atoms with Crippen LogP contribution in [0.2, 0.25) is 0 Å². The van der Waals surface area contributed by atoms with Crippen molar-refractivity contribution < 1.29 is 158 Å². The Morgan fingerprint density at radius 3 is 0.850 bits per heavy atom. The topological polar surface area (TPSA) is 361 Å². The van der Waals surface area contributed by atoms with Gasteiger partial charge in [0.2, 0.25) is 0 Å². The van der Waals surface area contributed by atoms with Gasteiger partial charge in [-0.15, -0.1) is 11.4 Å². The zero-order chi connectivity index (χ0) is 8.78. The minimum Gasteiger partial charge on any atom is -0.784 e. The predicted molar refractivity (Wildman–Crippen MR) is 51.8 cm³/mol. The molecule has 0 unspecified atom stereocenters. The van der Waals surface area contributed by atoms with Gasteiger partial charge < -0.3 is 57.1 Å². The van der Waals surface area contributed by atoms with Crippen LogP contribution >= 0.6 is 0 Å². The Hall–Kier alpha value is 2.66. The molecule has 0 aliphatic carbocycles. The summed E-state index contributed by atoms with van der Waals surface area (Å²) in [5, 5.41) is 7.50. The van der Waals surface area contributed by atoms with Gasteiger partial charge in [-0.05, 0) is 0 Å². The summed E-state index contributed by atoms with van der Waals surface area (Å²) in [6.45, 7) is 0. The fraction of sp³-hybridized carbons (Fsp3) is 1.00. The summed E-state index contributed by atoms with van der Waals surface area (Å²) in [6.07, 6.45) is 0. The van der Waals surface area contributed by atoms with E-state index < -0.39 is 27.4 Å². The molecule has 0 atom stereocenters. The monoisotopic (exact) mass is 386 g/mol. The molecule has 0 aromatic heterocycles. The van der Waals surface area contributed by atoms with Gasteiger partial charge in [0.25, 0.3) is 0 Å². The van der Waals surface area contributed by atoms with Crippen LogP contribution in [0.5, 0.6) is 0 Å². The number of hydrogen-bond acceptors (Lipinski definition) is 7. The third-order valence-electron chi connectivity index (χ3n) is 0.158. The third-order valence-corrected chi connectivity index (χ3v) is 0.474. The van der Waals surface area contributed by atoms with Crippen LogP contribution in [0.15, 0.2) is 0 Å². The second kappa shape index (κ2) is 57.7. The van der Waals surface area contributed by atoms with Crippen LogP contribution in [-0.4, -0.2) is 75.7 Å². The molecule has 0 rings (SSSR count). The quantitative estimate of drug-likeness (QED) is 0.257. The molecule has 0 aliphatic rings. The van der Waals surface area contributed by atoms with E-state index in [4.69, 9.17) is 18.4 Å². The molecule has 15 N–H and O–H groups in total. The second-order valence-electron chi connectivity index (χ2n) is 0.891. The number of hydrogen-bond donors (Lipinski definition) is 1. The molecule has 0 spiro atoms. The molecule has 0 radical (unpaired) electrons. The van der Waals surface area contributed by atoms with Crippen molar-refractivity contribution in [1.29, 1.82) is 0 Å². The van der Waals surface area contributed by atoms with Gasteiger partial charge in [-0.1, -0.05) is 0 Å². The number of aliphatic hydroxyl groups is 1. The molecule has 120 valence electrons. The van der Waals surface area contributed by atoms with E-state index in [-0.39, 0.29) is 127 Å². The van der Waals surface area contributed by atoms with Crippen molar-refractivity contribution in [1.82, 2.24) is 0 Å². The smallest absolute Gasteiger partial charge is 0.784 e. The van der Waals surface area contributed by atoms with Crippen molar-refractivity contribution in [2.24, 2.45) is 0 Å². The van der Waals surface area contributed by atoms with Crippen LogP contribution in [0.3, 0.4) is 0 Å². The first kappa shape index (κ1) is 93.6. The summed E-state index contributed by atoms with van der Waals surface area (Å²) in [6, 6.07) is 0. The molecule has 0 amide bonds. The van der Waals surface area contributed by atoms with Gasteiger partial charge in [0.05, 0.1) is 0 Å². The Morgan fingerprint density at radius 1 is 0.800 bits per heavy atom. The Morgan fingerprint density at radius 2 is 0.850 bits per heavy atom. The molecule has 0 fully saturated rings. The molecule has 0 heterocycles. The zero-order valence-corrected chi connectivity index (χ0v) is 18.6. The first-order valence-corrected chi connectivity index (χ1v) is 4.18. The summed E-state index contributed by atoms with van der Waals surface area (Å²) in [5.41, 5.74) is 0. The summed E-state index contributed by atoms with van der Waals surface area (Å²) >= 11 is -3.11. The average molecular weight is 386 g/mol. The Labute approximate surface area is 183 Å². The molecule has 0 bridgehead atoms. The summed E-state index contributed by atoms with van der Waals surface area (Å²) in [4.78, 5) is 0. The summed E-state index contributed by atoms with van der Waals surface area (Å²) in [5.74, 6) is -1.31. The fourth-order valence-corrected chi connectivity index (χ4v) is 0. The SMILES string of the molecule is O.O.O.O.O.O.O.O=S(=O)([O-])CO.O=S([O-])[O-].[Na+].[Na+].[Na+]. The minimum absolute atomic E-state index is 0. The second-order valence-corrected chi connectivity index (χ2v) is 2.67. The normalized spacial score (nSPS) is 5.25. The Kier molecular flexibility index (Phi) is 270. The molecular weight excluding hydrogens is 369 g/mol. The van der Waals surface area contributed by atoms with Crippen LogP contribution in [-0.2, 0) is 21.5 Å². The van der Waals surface area contributed by atoms with E-state index in [1.165, 1.54) is 0 Å². The van der Waals surface area contributed by atoms with Crippen LogP contribution < -0.4 is 88.7 Å². The Balaban J connectivity index is -0.00000000436. The Bertz CT molecular complexity index is 189.